The van der Waals surface area contributed by atoms with Crippen molar-refractivity contribution in [2.45, 2.75) is 31.9 Å². The summed E-state index contributed by atoms with van der Waals surface area (Å²) in [7, 11) is 6.09. The lowest BCUT2D eigenvalue weighted by Crippen LogP contribution is -2.45. The maximum atomic E-state index is 5.41. The number of methoxy groups -OCH3 is 1. The normalized spacial score (nSPS) is 22.7. The number of rotatable bonds is 4. The average Bonchev–Trinajstić information content (AvgIpc) is 2.56. The highest BCUT2D eigenvalue weighted by molar-refractivity contribution is 5.60. The van der Waals surface area contributed by atoms with Crippen molar-refractivity contribution < 1.29 is 4.74 Å². The number of nitrogens with zero attached hydrogens (tertiary/aromatic N) is 2. The second kappa shape index (κ2) is 6.99. The van der Waals surface area contributed by atoms with E-state index in [-0.39, 0.29) is 0 Å². The molecule has 4 heteroatoms. The van der Waals surface area contributed by atoms with E-state index in [9.17, 15) is 0 Å². The molecule has 1 saturated heterocycles. The van der Waals surface area contributed by atoms with E-state index in [1.54, 1.807) is 18.2 Å². The number of piperazine rings is 1. The van der Waals surface area contributed by atoms with E-state index < -0.39 is 0 Å². The molecule has 0 aromatic heterocycles. The van der Waals surface area contributed by atoms with Crippen molar-refractivity contribution in [2.24, 2.45) is 0 Å². The van der Waals surface area contributed by atoms with E-state index in [2.05, 4.69) is 41.3 Å². The van der Waals surface area contributed by atoms with E-state index in [1.807, 2.05) is 0 Å². The van der Waals surface area contributed by atoms with Crippen LogP contribution in [0.15, 0.2) is 12.1 Å². The van der Waals surface area contributed by atoms with E-state index in [0.717, 1.165) is 39.2 Å². The summed E-state index contributed by atoms with van der Waals surface area (Å²) >= 11 is 0. The van der Waals surface area contributed by atoms with Gasteiger partial charge in [-0.3, -0.25) is 0 Å². The largest absolute Gasteiger partial charge is 0.380 e. The molecular weight excluding hydrogens is 274 g/mol. The molecule has 1 aromatic carbocycles. The minimum atomic E-state index is 0.608. The molecular formula is C18H29N3O. The summed E-state index contributed by atoms with van der Waals surface area (Å²) in [6.07, 6.45) is 3.54. The van der Waals surface area contributed by atoms with Gasteiger partial charge < -0.3 is 19.9 Å². The predicted molar refractivity (Wildman–Crippen MR) is 91.7 cm³/mol. The first-order chi connectivity index (χ1) is 10.7. The Kier molecular flexibility index (Phi) is 5.01. The molecule has 1 fully saturated rings. The van der Waals surface area contributed by atoms with Crippen LogP contribution in [-0.4, -0.2) is 58.3 Å². The molecule has 3 rings (SSSR count). The summed E-state index contributed by atoms with van der Waals surface area (Å²) in [5.41, 5.74) is 5.95. The molecule has 1 aliphatic heterocycles. The quantitative estimate of drug-likeness (QED) is 0.915. The van der Waals surface area contributed by atoms with Gasteiger partial charge in [0, 0.05) is 45.0 Å². The topological polar surface area (TPSA) is 27.7 Å². The smallest absolute Gasteiger partial charge is 0.0715 e. The van der Waals surface area contributed by atoms with Crippen molar-refractivity contribution in [3.05, 3.63) is 28.8 Å². The van der Waals surface area contributed by atoms with E-state index in [0.29, 0.717) is 6.04 Å². The first kappa shape index (κ1) is 15.8. The van der Waals surface area contributed by atoms with Crippen molar-refractivity contribution in [1.82, 2.24) is 10.2 Å². The van der Waals surface area contributed by atoms with Gasteiger partial charge in [0.15, 0.2) is 0 Å². The summed E-state index contributed by atoms with van der Waals surface area (Å²) in [4.78, 5) is 4.99. The number of anilines is 1. The third kappa shape index (κ3) is 3.14. The summed E-state index contributed by atoms with van der Waals surface area (Å²) in [6, 6.07) is 5.23. The zero-order valence-corrected chi connectivity index (χ0v) is 14.2. The molecule has 22 heavy (non-hydrogen) atoms. The molecule has 1 aliphatic carbocycles. The van der Waals surface area contributed by atoms with Gasteiger partial charge in [-0.15, -0.1) is 0 Å². The zero-order valence-electron chi connectivity index (χ0n) is 14.2. The number of ether oxygens (including phenoxy) is 1. The Morgan fingerprint density at radius 3 is 2.64 bits per heavy atom. The van der Waals surface area contributed by atoms with Crippen LogP contribution in [0.2, 0.25) is 0 Å². The number of benzene rings is 1. The molecule has 4 nitrogen and oxygen atoms in total. The summed E-state index contributed by atoms with van der Waals surface area (Å²) < 4.78 is 5.41. The Hall–Kier alpha value is -1.10. The monoisotopic (exact) mass is 303 g/mol. The minimum Gasteiger partial charge on any atom is -0.380 e. The van der Waals surface area contributed by atoms with Crippen LogP contribution in [0.4, 0.5) is 5.69 Å². The van der Waals surface area contributed by atoms with Crippen LogP contribution in [0.1, 0.15) is 23.1 Å². The Labute approximate surface area is 134 Å². The van der Waals surface area contributed by atoms with Gasteiger partial charge in [-0.25, -0.2) is 0 Å². The first-order valence-electron chi connectivity index (χ1n) is 8.46. The van der Waals surface area contributed by atoms with Crippen molar-refractivity contribution in [3.63, 3.8) is 0 Å². The number of nitrogens with one attached hydrogen (secondary N) is 1. The predicted octanol–water partition coefficient (Wildman–Crippen LogP) is 1.66. The molecule has 1 atom stereocenters. The molecule has 1 N–H and O–H groups in total. The molecule has 0 spiro atoms. The molecule has 122 valence electrons. The van der Waals surface area contributed by atoms with Gasteiger partial charge in [-0.1, -0.05) is 6.07 Å². The molecule has 2 aliphatic rings. The Bertz CT molecular complexity index is 509. The highest BCUT2D eigenvalue weighted by atomic mass is 16.5. The van der Waals surface area contributed by atoms with Crippen LogP contribution >= 0.6 is 0 Å². The number of hydrogen-bond acceptors (Lipinski definition) is 4. The summed E-state index contributed by atoms with van der Waals surface area (Å²) in [5, 5.41) is 3.48. The maximum Gasteiger partial charge on any atom is 0.0715 e. The SMILES string of the molecule is CNC1CCc2c(COC)ccc(N3CCN(C)CC3)c2C1. The summed E-state index contributed by atoms with van der Waals surface area (Å²) in [5.74, 6) is 0. The molecule has 0 bridgehead atoms. The van der Waals surface area contributed by atoms with E-state index >= 15 is 0 Å². The van der Waals surface area contributed by atoms with E-state index in [1.165, 1.54) is 24.1 Å². The third-order valence-electron chi connectivity index (χ3n) is 5.25. The lowest BCUT2D eigenvalue weighted by Gasteiger charge is -2.37. The lowest BCUT2D eigenvalue weighted by atomic mass is 9.84. The number of likely N-dealkylation sites (N-methyl/N-ethyl adjacent to an activating group) is 2. The third-order valence-corrected chi connectivity index (χ3v) is 5.25. The molecule has 1 unspecified atom stereocenters. The van der Waals surface area contributed by atoms with Crippen molar-refractivity contribution in [3.8, 4) is 0 Å². The molecule has 0 saturated carbocycles. The highest BCUT2D eigenvalue weighted by Crippen LogP contribution is 2.34. The fourth-order valence-electron chi connectivity index (χ4n) is 3.82. The molecule has 0 amide bonds. The Balaban J connectivity index is 1.93. The van der Waals surface area contributed by atoms with Crippen LogP contribution in [0.5, 0.6) is 0 Å². The van der Waals surface area contributed by atoms with Gasteiger partial charge in [-0.05, 0) is 56.1 Å². The zero-order chi connectivity index (χ0) is 15.5. The van der Waals surface area contributed by atoms with Gasteiger partial charge in [0.2, 0.25) is 0 Å². The van der Waals surface area contributed by atoms with Crippen LogP contribution < -0.4 is 10.2 Å². The lowest BCUT2D eigenvalue weighted by molar-refractivity contribution is 0.183. The minimum absolute atomic E-state index is 0.608. The van der Waals surface area contributed by atoms with Gasteiger partial charge in [0.05, 0.1) is 6.61 Å². The van der Waals surface area contributed by atoms with Crippen LogP contribution in [-0.2, 0) is 24.2 Å². The van der Waals surface area contributed by atoms with E-state index in [4.69, 9.17) is 4.74 Å². The average molecular weight is 303 g/mol. The number of fused-ring (bicyclic) bond motifs is 1. The van der Waals surface area contributed by atoms with Gasteiger partial charge >= 0.3 is 0 Å². The van der Waals surface area contributed by atoms with Crippen molar-refractivity contribution >= 4 is 5.69 Å². The van der Waals surface area contributed by atoms with Gasteiger partial charge in [-0.2, -0.15) is 0 Å². The van der Waals surface area contributed by atoms with Crippen LogP contribution in [0.25, 0.3) is 0 Å². The van der Waals surface area contributed by atoms with Gasteiger partial charge in [0.25, 0.3) is 0 Å². The van der Waals surface area contributed by atoms with Crippen molar-refractivity contribution in [2.75, 3.05) is 52.3 Å². The highest BCUT2D eigenvalue weighted by Gasteiger charge is 2.25. The molecule has 0 radical (unpaired) electrons. The Morgan fingerprint density at radius 2 is 1.95 bits per heavy atom. The van der Waals surface area contributed by atoms with Gasteiger partial charge in [0.1, 0.15) is 0 Å². The van der Waals surface area contributed by atoms with Crippen LogP contribution in [0, 0.1) is 0 Å². The number of hydrogen-bond donors (Lipinski definition) is 1. The standard InChI is InChI=1S/C18H29N3O/c1-19-15-5-6-16-14(13-22-3)4-7-18(17(16)12-15)21-10-8-20(2)9-11-21/h4,7,15,19H,5-6,8-13H2,1-3H3. The second-order valence-electron chi connectivity index (χ2n) is 6.65. The fourth-order valence-corrected chi connectivity index (χ4v) is 3.82. The molecule has 1 heterocycles. The van der Waals surface area contributed by atoms with Crippen LogP contribution in [0.3, 0.4) is 0 Å². The van der Waals surface area contributed by atoms with Crippen molar-refractivity contribution in [1.29, 1.82) is 0 Å². The summed E-state index contributed by atoms with van der Waals surface area (Å²) in [6.45, 7) is 5.32. The molecule has 1 aromatic rings. The fraction of sp³-hybridized carbons (Fsp3) is 0.667. The Morgan fingerprint density at radius 1 is 1.18 bits per heavy atom. The maximum absolute atomic E-state index is 5.41. The second-order valence-corrected chi connectivity index (χ2v) is 6.65. The first-order valence-corrected chi connectivity index (χ1v) is 8.46.